The number of rotatable bonds is 9. The first-order valence-electron chi connectivity index (χ1n) is 8.38. The van der Waals surface area contributed by atoms with E-state index in [1.54, 1.807) is 56.5 Å². The molecule has 0 saturated heterocycles. The van der Waals surface area contributed by atoms with Gasteiger partial charge in [-0.2, -0.15) is 0 Å². The monoisotopic (exact) mass is 392 g/mol. The van der Waals surface area contributed by atoms with Crippen molar-refractivity contribution in [2.24, 2.45) is 0 Å². The summed E-state index contributed by atoms with van der Waals surface area (Å²) in [6.45, 7) is 2.04. The fourth-order valence-corrected chi connectivity index (χ4v) is 3.36. The smallest absolute Gasteiger partial charge is 0.240 e. The fourth-order valence-electron chi connectivity index (χ4n) is 2.44. The van der Waals surface area contributed by atoms with E-state index in [1.807, 2.05) is 6.07 Å². The van der Waals surface area contributed by atoms with Gasteiger partial charge in [0.15, 0.2) is 0 Å². The number of carbonyl (C=O) groups is 1. The zero-order chi connectivity index (χ0) is 19.9. The van der Waals surface area contributed by atoms with E-state index >= 15 is 0 Å². The van der Waals surface area contributed by atoms with Crippen molar-refractivity contribution in [3.63, 3.8) is 0 Å². The highest BCUT2D eigenvalue weighted by Crippen LogP contribution is 2.21. The van der Waals surface area contributed by atoms with Crippen LogP contribution in [0.25, 0.3) is 0 Å². The van der Waals surface area contributed by atoms with Crippen molar-refractivity contribution in [1.29, 1.82) is 0 Å². The number of sulfonamides is 1. The molecule has 0 bridgehead atoms. The number of aryl methyl sites for hydroxylation is 1. The van der Waals surface area contributed by atoms with E-state index in [2.05, 4.69) is 5.32 Å². The number of para-hydroxylation sites is 1. The average Bonchev–Trinajstić information content (AvgIpc) is 2.63. The molecular formula is C19H24N2O5S. The van der Waals surface area contributed by atoms with E-state index < -0.39 is 15.9 Å². The number of ether oxygens (including phenoxy) is 2. The third kappa shape index (κ3) is 6.18. The number of anilines is 1. The lowest BCUT2D eigenvalue weighted by atomic mass is 10.2. The van der Waals surface area contributed by atoms with Crippen molar-refractivity contribution in [2.75, 3.05) is 37.4 Å². The molecule has 0 atom stereocenters. The summed E-state index contributed by atoms with van der Waals surface area (Å²) in [6.07, 6.45) is 1.08. The Bertz CT molecular complexity index is 866. The number of benzene rings is 2. The predicted molar refractivity (Wildman–Crippen MR) is 105 cm³/mol. The number of nitrogens with one attached hydrogen (secondary N) is 1. The Morgan fingerprint density at radius 1 is 1.07 bits per heavy atom. The van der Waals surface area contributed by atoms with Crippen LogP contribution in [0.1, 0.15) is 5.56 Å². The number of nitrogens with zero attached hydrogens (tertiary/aromatic N) is 1. The van der Waals surface area contributed by atoms with Gasteiger partial charge in [0.25, 0.3) is 0 Å². The van der Waals surface area contributed by atoms with Gasteiger partial charge in [-0.15, -0.1) is 0 Å². The van der Waals surface area contributed by atoms with E-state index in [-0.39, 0.29) is 19.7 Å². The Labute approximate surface area is 160 Å². The number of methoxy groups -OCH3 is 1. The molecule has 7 nitrogen and oxygen atoms in total. The lowest BCUT2D eigenvalue weighted by Gasteiger charge is -2.23. The minimum Gasteiger partial charge on any atom is -0.497 e. The van der Waals surface area contributed by atoms with E-state index in [0.29, 0.717) is 11.4 Å². The molecule has 2 aromatic carbocycles. The second-order valence-electron chi connectivity index (χ2n) is 5.93. The summed E-state index contributed by atoms with van der Waals surface area (Å²) in [5.74, 6) is 0.984. The van der Waals surface area contributed by atoms with Gasteiger partial charge in [0.05, 0.1) is 25.6 Å². The van der Waals surface area contributed by atoms with Gasteiger partial charge in [-0.05, 0) is 42.8 Å². The first-order valence-corrected chi connectivity index (χ1v) is 10.2. The highest BCUT2D eigenvalue weighted by atomic mass is 32.2. The van der Waals surface area contributed by atoms with Crippen molar-refractivity contribution >= 4 is 21.6 Å². The summed E-state index contributed by atoms with van der Waals surface area (Å²) in [6, 6.07) is 14.1. The molecule has 0 heterocycles. The molecule has 0 saturated carbocycles. The highest BCUT2D eigenvalue weighted by molar-refractivity contribution is 7.92. The summed E-state index contributed by atoms with van der Waals surface area (Å²) in [4.78, 5) is 12.2. The van der Waals surface area contributed by atoms with Gasteiger partial charge in [-0.25, -0.2) is 8.42 Å². The maximum Gasteiger partial charge on any atom is 0.240 e. The molecule has 27 heavy (non-hydrogen) atoms. The quantitative estimate of drug-likeness (QED) is 0.660. The van der Waals surface area contributed by atoms with Crippen molar-refractivity contribution in [2.45, 2.75) is 6.92 Å². The van der Waals surface area contributed by atoms with Crippen LogP contribution in [0.2, 0.25) is 0 Å². The Hall–Kier alpha value is -2.74. The Morgan fingerprint density at radius 3 is 2.30 bits per heavy atom. The van der Waals surface area contributed by atoms with Gasteiger partial charge < -0.3 is 14.8 Å². The number of hydrogen-bond donors (Lipinski definition) is 1. The van der Waals surface area contributed by atoms with E-state index in [4.69, 9.17) is 9.47 Å². The van der Waals surface area contributed by atoms with Gasteiger partial charge in [-0.3, -0.25) is 9.10 Å². The molecule has 1 amide bonds. The topological polar surface area (TPSA) is 84.9 Å². The predicted octanol–water partition coefficient (Wildman–Crippen LogP) is 1.96. The largest absolute Gasteiger partial charge is 0.497 e. The summed E-state index contributed by atoms with van der Waals surface area (Å²) < 4.78 is 35.9. The molecule has 0 fully saturated rings. The van der Waals surface area contributed by atoms with E-state index in [9.17, 15) is 13.2 Å². The number of carbonyl (C=O) groups excluding carboxylic acids is 1. The van der Waals surface area contributed by atoms with Crippen molar-refractivity contribution < 1.29 is 22.7 Å². The minimum atomic E-state index is -3.59. The molecule has 0 radical (unpaired) electrons. The van der Waals surface area contributed by atoms with Crippen molar-refractivity contribution in [1.82, 2.24) is 5.32 Å². The van der Waals surface area contributed by atoms with Crippen molar-refractivity contribution in [3.05, 3.63) is 54.1 Å². The van der Waals surface area contributed by atoms with Gasteiger partial charge in [0.2, 0.25) is 15.9 Å². The van der Waals surface area contributed by atoms with Gasteiger partial charge in [-0.1, -0.05) is 18.2 Å². The van der Waals surface area contributed by atoms with Crippen LogP contribution in [0.4, 0.5) is 5.69 Å². The third-order valence-corrected chi connectivity index (χ3v) is 4.95. The standard InChI is InChI=1S/C19H24N2O5S/c1-15-6-4-5-7-18(15)21(27(3,23)24)14-19(22)20-12-13-26-17-10-8-16(25-2)9-11-17/h4-11H,12-14H2,1-3H3,(H,20,22). The van der Waals surface area contributed by atoms with Crippen LogP contribution in [-0.2, 0) is 14.8 Å². The maximum absolute atomic E-state index is 12.2. The van der Waals surface area contributed by atoms with Crippen LogP contribution in [0, 0.1) is 6.92 Å². The van der Waals surface area contributed by atoms with Gasteiger partial charge >= 0.3 is 0 Å². The molecule has 0 aliphatic carbocycles. The minimum absolute atomic E-state index is 0.260. The Morgan fingerprint density at radius 2 is 1.70 bits per heavy atom. The zero-order valence-corrected chi connectivity index (χ0v) is 16.5. The molecule has 146 valence electrons. The van der Waals surface area contributed by atoms with E-state index in [1.165, 1.54) is 0 Å². The Balaban J connectivity index is 1.88. The molecule has 2 rings (SSSR count). The molecule has 2 aromatic rings. The number of amides is 1. The van der Waals surface area contributed by atoms with Gasteiger partial charge in [0.1, 0.15) is 24.7 Å². The first kappa shape index (κ1) is 20.6. The Kier molecular flexibility index (Phi) is 7.06. The summed E-state index contributed by atoms with van der Waals surface area (Å²) in [5, 5.41) is 2.67. The average molecular weight is 392 g/mol. The lowest BCUT2D eigenvalue weighted by Crippen LogP contribution is -2.41. The number of hydrogen-bond acceptors (Lipinski definition) is 5. The second kappa shape index (κ2) is 9.27. The summed E-state index contributed by atoms with van der Waals surface area (Å²) in [7, 11) is -2.00. The zero-order valence-electron chi connectivity index (χ0n) is 15.6. The van der Waals surface area contributed by atoms with Crippen LogP contribution < -0.4 is 19.1 Å². The summed E-state index contributed by atoms with van der Waals surface area (Å²) >= 11 is 0. The van der Waals surface area contributed by atoms with Crippen LogP contribution >= 0.6 is 0 Å². The summed E-state index contributed by atoms with van der Waals surface area (Å²) in [5.41, 5.74) is 1.27. The van der Waals surface area contributed by atoms with Crippen LogP contribution in [0.3, 0.4) is 0 Å². The second-order valence-corrected chi connectivity index (χ2v) is 7.84. The third-order valence-electron chi connectivity index (χ3n) is 3.82. The maximum atomic E-state index is 12.2. The van der Waals surface area contributed by atoms with Crippen molar-refractivity contribution in [3.8, 4) is 11.5 Å². The molecule has 0 aliphatic rings. The van der Waals surface area contributed by atoms with Crippen LogP contribution in [0.15, 0.2) is 48.5 Å². The lowest BCUT2D eigenvalue weighted by molar-refractivity contribution is -0.119. The van der Waals surface area contributed by atoms with Crippen LogP contribution in [0.5, 0.6) is 11.5 Å². The van der Waals surface area contributed by atoms with E-state index in [0.717, 1.165) is 21.9 Å². The molecule has 0 spiro atoms. The molecule has 0 aromatic heterocycles. The molecule has 8 heteroatoms. The van der Waals surface area contributed by atoms with Gasteiger partial charge in [0, 0.05) is 0 Å². The molecule has 0 aliphatic heterocycles. The van der Waals surface area contributed by atoms with Crippen LogP contribution in [-0.4, -0.2) is 47.4 Å². The highest BCUT2D eigenvalue weighted by Gasteiger charge is 2.21. The molecular weight excluding hydrogens is 368 g/mol. The fraction of sp³-hybridized carbons (Fsp3) is 0.316. The molecule has 1 N–H and O–H groups in total. The normalized spacial score (nSPS) is 10.9. The molecule has 0 unspecified atom stereocenters. The first-order chi connectivity index (χ1) is 12.8. The SMILES string of the molecule is COc1ccc(OCCNC(=O)CN(c2ccccc2C)S(C)(=O)=O)cc1.